The van der Waals surface area contributed by atoms with E-state index in [0.29, 0.717) is 24.2 Å². The Morgan fingerprint density at radius 3 is 2.78 bits per heavy atom. The summed E-state index contributed by atoms with van der Waals surface area (Å²) in [6, 6.07) is 11.0. The lowest BCUT2D eigenvalue weighted by Gasteiger charge is -2.12. The van der Waals surface area contributed by atoms with E-state index in [9.17, 15) is 4.39 Å². The third-order valence-corrected chi connectivity index (χ3v) is 4.78. The first-order chi connectivity index (χ1) is 13.2. The fraction of sp³-hybridized carbons (Fsp3) is 0.190. The van der Waals surface area contributed by atoms with Crippen LogP contribution in [0.4, 0.5) is 4.39 Å². The van der Waals surface area contributed by atoms with Crippen LogP contribution in [0.3, 0.4) is 0 Å². The molecule has 0 amide bonds. The Morgan fingerprint density at radius 1 is 1.07 bits per heavy atom. The Bertz CT molecular complexity index is 1110. The summed E-state index contributed by atoms with van der Waals surface area (Å²) in [6.07, 6.45) is 6.47. The molecular formula is C21H19FN4O. The minimum Gasteiger partial charge on any atom is -0.496 e. The SMILES string of the molecule is COc1cccc(F)c1CCc1ccc(-c2ccncc2C)c2nncn12. The van der Waals surface area contributed by atoms with Crippen molar-refractivity contribution in [2.75, 3.05) is 7.11 Å². The van der Waals surface area contributed by atoms with Crippen LogP contribution in [-0.2, 0) is 12.8 Å². The van der Waals surface area contributed by atoms with E-state index >= 15 is 0 Å². The molecule has 4 aromatic rings. The van der Waals surface area contributed by atoms with Gasteiger partial charge in [-0.1, -0.05) is 6.07 Å². The van der Waals surface area contributed by atoms with Gasteiger partial charge in [-0.3, -0.25) is 9.38 Å². The maximum Gasteiger partial charge on any atom is 0.168 e. The Labute approximate surface area is 156 Å². The number of hydrogen-bond acceptors (Lipinski definition) is 4. The molecule has 0 aliphatic carbocycles. The van der Waals surface area contributed by atoms with Crippen molar-refractivity contribution in [3.05, 3.63) is 77.8 Å². The van der Waals surface area contributed by atoms with Gasteiger partial charge in [-0.2, -0.15) is 0 Å². The first kappa shape index (κ1) is 17.1. The first-order valence-corrected chi connectivity index (χ1v) is 8.73. The number of rotatable bonds is 5. The largest absolute Gasteiger partial charge is 0.496 e. The Balaban J connectivity index is 1.70. The van der Waals surface area contributed by atoms with Crippen molar-refractivity contribution >= 4 is 5.65 Å². The van der Waals surface area contributed by atoms with E-state index < -0.39 is 0 Å². The number of ether oxygens (including phenoxy) is 1. The smallest absolute Gasteiger partial charge is 0.168 e. The summed E-state index contributed by atoms with van der Waals surface area (Å²) in [4.78, 5) is 4.15. The van der Waals surface area contributed by atoms with Gasteiger partial charge >= 0.3 is 0 Å². The van der Waals surface area contributed by atoms with E-state index in [1.54, 1.807) is 31.8 Å². The predicted molar refractivity (Wildman–Crippen MR) is 101 cm³/mol. The van der Waals surface area contributed by atoms with Gasteiger partial charge in [0.25, 0.3) is 0 Å². The van der Waals surface area contributed by atoms with Crippen LogP contribution in [0.15, 0.2) is 55.1 Å². The summed E-state index contributed by atoms with van der Waals surface area (Å²) < 4.78 is 21.5. The van der Waals surface area contributed by atoms with Crippen LogP contribution in [0.5, 0.6) is 5.75 Å². The Hall–Kier alpha value is -3.28. The molecule has 0 unspecified atom stereocenters. The first-order valence-electron chi connectivity index (χ1n) is 8.73. The van der Waals surface area contributed by atoms with E-state index in [0.717, 1.165) is 28.0 Å². The van der Waals surface area contributed by atoms with Gasteiger partial charge in [-0.15, -0.1) is 10.2 Å². The molecule has 0 spiro atoms. The number of hydrogen-bond donors (Lipinski definition) is 0. The van der Waals surface area contributed by atoms with Gasteiger partial charge in [0.1, 0.15) is 17.9 Å². The summed E-state index contributed by atoms with van der Waals surface area (Å²) >= 11 is 0. The zero-order valence-corrected chi connectivity index (χ0v) is 15.2. The maximum atomic E-state index is 14.2. The highest BCUT2D eigenvalue weighted by Gasteiger charge is 2.14. The van der Waals surface area contributed by atoms with E-state index in [2.05, 4.69) is 15.2 Å². The molecule has 5 nitrogen and oxygen atoms in total. The molecule has 1 aromatic carbocycles. The number of nitrogens with zero attached hydrogens (tertiary/aromatic N) is 4. The molecule has 3 aromatic heterocycles. The van der Waals surface area contributed by atoms with Gasteiger partial charge in [-0.25, -0.2) is 4.39 Å². The number of fused-ring (bicyclic) bond motifs is 1. The van der Waals surface area contributed by atoms with Crippen LogP contribution >= 0.6 is 0 Å². The highest BCUT2D eigenvalue weighted by atomic mass is 19.1. The topological polar surface area (TPSA) is 52.3 Å². The molecule has 0 fully saturated rings. The summed E-state index contributed by atoms with van der Waals surface area (Å²) in [6.45, 7) is 2.02. The standard InChI is InChI=1S/C21H19FN4O/c1-14-12-23-11-10-16(14)17-8-6-15(26-13-24-25-21(17)26)7-9-18-19(22)4-3-5-20(18)27-2/h3-6,8,10-13H,7,9H2,1-2H3. The molecule has 27 heavy (non-hydrogen) atoms. The number of benzene rings is 1. The maximum absolute atomic E-state index is 14.2. The molecule has 6 heteroatoms. The highest BCUT2D eigenvalue weighted by molar-refractivity contribution is 5.79. The highest BCUT2D eigenvalue weighted by Crippen LogP contribution is 2.28. The molecule has 0 aliphatic heterocycles. The molecule has 3 heterocycles. The molecule has 4 rings (SSSR count). The van der Waals surface area contributed by atoms with Gasteiger partial charge in [-0.05, 0) is 61.2 Å². The second kappa shape index (κ2) is 7.15. The fourth-order valence-corrected chi connectivity index (χ4v) is 3.38. The van der Waals surface area contributed by atoms with E-state index in [1.807, 2.05) is 35.7 Å². The fourth-order valence-electron chi connectivity index (χ4n) is 3.38. The predicted octanol–water partition coefficient (Wildman–Crippen LogP) is 4.03. The molecule has 0 saturated carbocycles. The van der Waals surface area contributed by atoms with E-state index in [4.69, 9.17) is 4.74 Å². The van der Waals surface area contributed by atoms with Crippen LogP contribution in [0.2, 0.25) is 0 Å². The molecule has 0 atom stereocenters. The van der Waals surface area contributed by atoms with E-state index in [-0.39, 0.29) is 5.82 Å². The average molecular weight is 362 g/mol. The summed E-state index contributed by atoms with van der Waals surface area (Å²) in [7, 11) is 1.56. The van der Waals surface area contributed by atoms with Crippen LogP contribution in [-0.4, -0.2) is 26.7 Å². The zero-order valence-electron chi connectivity index (χ0n) is 15.2. The van der Waals surface area contributed by atoms with Crippen LogP contribution < -0.4 is 4.74 Å². The number of aromatic nitrogens is 4. The van der Waals surface area contributed by atoms with E-state index in [1.165, 1.54) is 6.07 Å². The molecule has 0 bridgehead atoms. The Kier molecular flexibility index (Phi) is 4.54. The number of aryl methyl sites for hydroxylation is 2. The lowest BCUT2D eigenvalue weighted by molar-refractivity contribution is 0.404. The molecule has 0 radical (unpaired) electrons. The second-order valence-electron chi connectivity index (χ2n) is 6.37. The van der Waals surface area contributed by atoms with Crippen molar-refractivity contribution in [2.24, 2.45) is 0 Å². The lowest BCUT2D eigenvalue weighted by Crippen LogP contribution is -2.03. The van der Waals surface area contributed by atoms with Gasteiger partial charge in [0.05, 0.1) is 7.11 Å². The van der Waals surface area contributed by atoms with Crippen LogP contribution in [0.25, 0.3) is 16.8 Å². The lowest BCUT2D eigenvalue weighted by atomic mass is 10.0. The molecule has 0 saturated heterocycles. The number of methoxy groups -OCH3 is 1. The molecule has 136 valence electrons. The summed E-state index contributed by atoms with van der Waals surface area (Å²) in [5.41, 5.74) is 5.52. The summed E-state index contributed by atoms with van der Waals surface area (Å²) in [5, 5.41) is 8.38. The van der Waals surface area contributed by atoms with Gasteiger partial charge in [0.2, 0.25) is 0 Å². The molecular weight excluding hydrogens is 343 g/mol. The third kappa shape index (κ3) is 3.14. The van der Waals surface area contributed by atoms with Crippen molar-refractivity contribution < 1.29 is 9.13 Å². The van der Waals surface area contributed by atoms with Crippen molar-refractivity contribution in [1.29, 1.82) is 0 Å². The van der Waals surface area contributed by atoms with Gasteiger partial charge in [0.15, 0.2) is 5.65 Å². The van der Waals surface area contributed by atoms with Crippen LogP contribution in [0.1, 0.15) is 16.8 Å². The minimum absolute atomic E-state index is 0.251. The van der Waals surface area contributed by atoms with Crippen molar-refractivity contribution in [2.45, 2.75) is 19.8 Å². The number of halogens is 1. The van der Waals surface area contributed by atoms with Crippen molar-refractivity contribution in [3.63, 3.8) is 0 Å². The van der Waals surface area contributed by atoms with Crippen molar-refractivity contribution in [1.82, 2.24) is 19.6 Å². The minimum atomic E-state index is -0.251. The Morgan fingerprint density at radius 2 is 1.96 bits per heavy atom. The van der Waals surface area contributed by atoms with Gasteiger partial charge in [0, 0.05) is 29.2 Å². The zero-order chi connectivity index (χ0) is 18.8. The summed E-state index contributed by atoms with van der Waals surface area (Å²) in [5.74, 6) is 0.317. The third-order valence-electron chi connectivity index (χ3n) is 4.78. The molecule has 0 N–H and O–H groups in total. The quantitative estimate of drug-likeness (QED) is 0.538. The van der Waals surface area contributed by atoms with Crippen molar-refractivity contribution in [3.8, 4) is 16.9 Å². The molecule has 0 aliphatic rings. The second-order valence-corrected chi connectivity index (χ2v) is 6.37. The monoisotopic (exact) mass is 362 g/mol. The average Bonchev–Trinajstić information content (AvgIpc) is 3.17. The van der Waals surface area contributed by atoms with Gasteiger partial charge < -0.3 is 4.74 Å². The number of pyridine rings is 2. The van der Waals surface area contributed by atoms with Crippen LogP contribution in [0, 0.1) is 12.7 Å². The normalized spacial score (nSPS) is 11.1.